The third-order valence-electron chi connectivity index (χ3n) is 2.65. The summed E-state index contributed by atoms with van der Waals surface area (Å²) in [5, 5.41) is 16.7. The Hall–Kier alpha value is -2.78. The molecule has 2 heterocycles. The average Bonchev–Trinajstić information content (AvgIpc) is 2.70. The van der Waals surface area contributed by atoms with Crippen LogP contribution in [0.4, 0.5) is 11.9 Å². The van der Waals surface area contributed by atoms with Crippen LogP contribution in [0, 0.1) is 5.92 Å². The molecule has 0 radical (unpaired) electrons. The van der Waals surface area contributed by atoms with Gasteiger partial charge in [0.2, 0.25) is 11.9 Å². The minimum absolute atomic E-state index is 0.00137. The van der Waals surface area contributed by atoms with Crippen LogP contribution in [-0.4, -0.2) is 41.0 Å². The third-order valence-corrected chi connectivity index (χ3v) is 2.65. The normalized spacial score (nSPS) is 11.0. The molecule has 0 saturated carbocycles. The number of nitrogens with two attached hydrogens (primary N) is 2. The first-order chi connectivity index (χ1) is 9.86. The lowest BCUT2D eigenvalue weighted by Gasteiger charge is -2.09. The van der Waals surface area contributed by atoms with Crippen LogP contribution in [0.15, 0.2) is 0 Å². The van der Waals surface area contributed by atoms with Crippen LogP contribution in [0.1, 0.15) is 35.9 Å². The van der Waals surface area contributed by atoms with E-state index < -0.39 is 5.97 Å². The summed E-state index contributed by atoms with van der Waals surface area (Å²) >= 11 is 0. The second-order valence-electron chi connectivity index (χ2n) is 4.91. The molecule has 5 N–H and O–H groups in total. The van der Waals surface area contributed by atoms with Crippen LogP contribution in [-0.2, 0) is 13.0 Å². The molecule has 0 aliphatic rings. The number of hydrogen-bond donors (Lipinski definition) is 3. The minimum Gasteiger partial charge on any atom is -0.476 e. The van der Waals surface area contributed by atoms with Gasteiger partial charge in [0.25, 0.3) is 0 Å². The number of hydrogen-bond acceptors (Lipinski definition) is 8. The Balaban J connectivity index is 2.37. The van der Waals surface area contributed by atoms with Crippen molar-refractivity contribution in [3.8, 4) is 0 Å². The molecule has 10 nitrogen and oxygen atoms in total. The lowest BCUT2D eigenvalue weighted by molar-refractivity contribution is 0.0689. The van der Waals surface area contributed by atoms with Gasteiger partial charge in [-0.1, -0.05) is 19.1 Å². The van der Waals surface area contributed by atoms with Gasteiger partial charge >= 0.3 is 5.97 Å². The highest BCUT2D eigenvalue weighted by atomic mass is 16.4. The smallest absolute Gasteiger partial charge is 0.358 e. The van der Waals surface area contributed by atoms with Gasteiger partial charge in [-0.25, -0.2) is 9.48 Å². The molecule has 2 rings (SSSR count). The minimum atomic E-state index is -1.12. The standard InChI is InChI=1S/C11H16N8O2/c1-5(2)3-6-8(9(20)21)17-18-19(6)4-7-14-10(12)16-11(13)15-7/h5H,3-4H2,1-2H3,(H,20,21)(H4,12,13,14,15,16). The van der Waals surface area contributed by atoms with Crippen LogP contribution in [0.25, 0.3) is 0 Å². The summed E-state index contributed by atoms with van der Waals surface area (Å²) in [6, 6.07) is 0. The zero-order valence-corrected chi connectivity index (χ0v) is 11.7. The molecule has 0 unspecified atom stereocenters. The van der Waals surface area contributed by atoms with Gasteiger partial charge in [0.05, 0.1) is 5.69 Å². The zero-order chi connectivity index (χ0) is 15.6. The van der Waals surface area contributed by atoms with Crippen molar-refractivity contribution in [3.63, 3.8) is 0 Å². The molecule has 10 heteroatoms. The zero-order valence-electron chi connectivity index (χ0n) is 11.7. The molecule has 0 aliphatic carbocycles. The predicted molar refractivity (Wildman–Crippen MR) is 73.3 cm³/mol. The van der Waals surface area contributed by atoms with Gasteiger partial charge in [0.1, 0.15) is 6.54 Å². The van der Waals surface area contributed by atoms with E-state index in [1.165, 1.54) is 4.68 Å². The van der Waals surface area contributed by atoms with Gasteiger partial charge in [0, 0.05) is 0 Å². The molecular weight excluding hydrogens is 276 g/mol. The Morgan fingerprint density at radius 2 is 1.86 bits per heavy atom. The molecule has 0 spiro atoms. The van der Waals surface area contributed by atoms with Gasteiger partial charge in [-0.15, -0.1) is 5.10 Å². The lowest BCUT2D eigenvalue weighted by atomic mass is 10.1. The number of anilines is 2. The van der Waals surface area contributed by atoms with Crippen molar-refractivity contribution in [2.45, 2.75) is 26.8 Å². The summed E-state index contributed by atoms with van der Waals surface area (Å²) in [6.45, 7) is 4.07. The molecule has 2 aromatic rings. The van der Waals surface area contributed by atoms with Crippen molar-refractivity contribution >= 4 is 17.9 Å². The van der Waals surface area contributed by atoms with Crippen molar-refractivity contribution in [2.24, 2.45) is 5.92 Å². The van der Waals surface area contributed by atoms with Crippen LogP contribution in [0.5, 0.6) is 0 Å². The predicted octanol–water partition coefficient (Wildman–Crippen LogP) is -0.427. The number of aromatic nitrogens is 6. The SMILES string of the molecule is CC(C)Cc1c(C(=O)O)nnn1Cc1nc(N)nc(N)n1. The summed E-state index contributed by atoms with van der Waals surface area (Å²) in [4.78, 5) is 22.7. The summed E-state index contributed by atoms with van der Waals surface area (Å²) < 4.78 is 1.44. The van der Waals surface area contributed by atoms with Crippen molar-refractivity contribution < 1.29 is 9.90 Å². The quantitative estimate of drug-likeness (QED) is 0.664. The molecule has 0 fully saturated rings. The fourth-order valence-corrected chi connectivity index (χ4v) is 1.88. The van der Waals surface area contributed by atoms with E-state index in [2.05, 4.69) is 25.3 Å². The van der Waals surface area contributed by atoms with Crippen molar-refractivity contribution in [3.05, 3.63) is 17.2 Å². The molecule has 2 aromatic heterocycles. The Morgan fingerprint density at radius 3 is 2.38 bits per heavy atom. The number of rotatable bonds is 5. The van der Waals surface area contributed by atoms with Crippen molar-refractivity contribution in [2.75, 3.05) is 11.5 Å². The van der Waals surface area contributed by atoms with E-state index in [1.807, 2.05) is 13.8 Å². The van der Waals surface area contributed by atoms with Crippen LogP contribution in [0.3, 0.4) is 0 Å². The van der Waals surface area contributed by atoms with E-state index in [-0.39, 0.29) is 30.1 Å². The van der Waals surface area contributed by atoms with E-state index in [1.54, 1.807) is 0 Å². The van der Waals surface area contributed by atoms with Gasteiger partial charge < -0.3 is 16.6 Å². The topological polar surface area (TPSA) is 159 Å². The highest BCUT2D eigenvalue weighted by Crippen LogP contribution is 2.13. The Bertz CT molecular complexity index is 646. The molecule has 0 atom stereocenters. The number of carboxylic acid groups (broad SMARTS) is 1. The molecule has 0 aromatic carbocycles. The maximum absolute atomic E-state index is 11.2. The van der Waals surface area contributed by atoms with E-state index in [0.29, 0.717) is 17.9 Å². The first-order valence-corrected chi connectivity index (χ1v) is 6.28. The van der Waals surface area contributed by atoms with Crippen LogP contribution in [0.2, 0.25) is 0 Å². The highest BCUT2D eigenvalue weighted by Gasteiger charge is 2.20. The molecule has 0 amide bonds. The first-order valence-electron chi connectivity index (χ1n) is 6.28. The number of nitrogens with zero attached hydrogens (tertiary/aromatic N) is 6. The maximum Gasteiger partial charge on any atom is 0.358 e. The van der Waals surface area contributed by atoms with Crippen LogP contribution < -0.4 is 11.5 Å². The lowest BCUT2D eigenvalue weighted by Crippen LogP contribution is -2.15. The summed E-state index contributed by atoms with van der Waals surface area (Å²) in [5.41, 5.74) is 11.4. The fraction of sp³-hybridized carbons (Fsp3) is 0.455. The first kappa shape index (κ1) is 14.6. The van der Waals surface area contributed by atoms with Crippen LogP contribution >= 0.6 is 0 Å². The Morgan fingerprint density at radius 1 is 1.24 bits per heavy atom. The molecular formula is C11H16N8O2. The van der Waals surface area contributed by atoms with Gasteiger partial charge in [-0.05, 0) is 12.3 Å². The van der Waals surface area contributed by atoms with Gasteiger partial charge in [-0.3, -0.25) is 0 Å². The van der Waals surface area contributed by atoms with E-state index >= 15 is 0 Å². The Labute approximate surface area is 120 Å². The van der Waals surface area contributed by atoms with Gasteiger partial charge in [-0.2, -0.15) is 15.0 Å². The molecule has 21 heavy (non-hydrogen) atoms. The second-order valence-corrected chi connectivity index (χ2v) is 4.91. The number of carbonyl (C=O) groups is 1. The largest absolute Gasteiger partial charge is 0.476 e. The van der Waals surface area contributed by atoms with Gasteiger partial charge in [0.15, 0.2) is 11.5 Å². The maximum atomic E-state index is 11.2. The summed E-state index contributed by atoms with van der Waals surface area (Å²) in [5.74, 6) is -0.574. The van der Waals surface area contributed by atoms with Crippen molar-refractivity contribution in [1.29, 1.82) is 0 Å². The number of nitrogen functional groups attached to an aromatic ring is 2. The van der Waals surface area contributed by atoms with Crippen molar-refractivity contribution in [1.82, 2.24) is 29.9 Å². The number of aromatic carboxylic acids is 1. The average molecular weight is 292 g/mol. The summed E-state index contributed by atoms with van der Waals surface area (Å²) in [7, 11) is 0. The molecule has 0 bridgehead atoms. The number of carboxylic acids is 1. The van der Waals surface area contributed by atoms with E-state index in [9.17, 15) is 4.79 Å². The molecule has 0 saturated heterocycles. The third kappa shape index (κ3) is 3.41. The molecule has 0 aliphatic heterocycles. The second kappa shape index (κ2) is 5.69. The molecule has 112 valence electrons. The van der Waals surface area contributed by atoms with E-state index in [0.717, 1.165) is 0 Å². The van der Waals surface area contributed by atoms with E-state index in [4.69, 9.17) is 16.6 Å². The fourth-order valence-electron chi connectivity index (χ4n) is 1.88. The monoisotopic (exact) mass is 292 g/mol. The summed E-state index contributed by atoms with van der Waals surface area (Å²) in [6.07, 6.45) is 0.519. The Kier molecular flexibility index (Phi) is 3.96. The highest BCUT2D eigenvalue weighted by molar-refractivity contribution is 5.86.